The smallest absolute Gasteiger partial charge is 0.270 e. The zero-order chi connectivity index (χ0) is 23.6. The maximum atomic E-state index is 13.6. The van der Waals surface area contributed by atoms with Crippen LogP contribution in [-0.2, 0) is 16.6 Å². The molecule has 0 saturated carbocycles. The number of nitrogens with zero attached hydrogens (tertiary/aromatic N) is 1. The summed E-state index contributed by atoms with van der Waals surface area (Å²) in [5.74, 6) is 0.493. The van der Waals surface area contributed by atoms with Crippen molar-refractivity contribution in [2.75, 3.05) is 23.8 Å². The van der Waals surface area contributed by atoms with E-state index < -0.39 is 15.8 Å². The van der Waals surface area contributed by atoms with Gasteiger partial charge < -0.3 is 14.8 Å². The zero-order valence-corrected chi connectivity index (χ0v) is 19.3. The predicted molar refractivity (Wildman–Crippen MR) is 128 cm³/mol. The number of carbonyl (C=O) groups is 1. The Hall–Kier alpha value is -3.78. The Labute approximate surface area is 193 Å². The molecule has 0 amide bonds. The summed E-state index contributed by atoms with van der Waals surface area (Å²) < 4.78 is 39.0. The monoisotopic (exact) mass is 464 g/mol. The third-order valence-corrected chi connectivity index (χ3v) is 7.10. The number of methoxy groups -OCH3 is 2. The Morgan fingerprint density at radius 3 is 2.30 bits per heavy atom. The summed E-state index contributed by atoms with van der Waals surface area (Å²) in [5.41, 5.74) is 3.06. The van der Waals surface area contributed by atoms with Gasteiger partial charge in [-0.25, -0.2) is 8.42 Å². The molecule has 0 fully saturated rings. The highest BCUT2D eigenvalue weighted by Gasteiger charge is 2.40. The van der Waals surface area contributed by atoms with Crippen LogP contribution >= 0.6 is 0 Å². The van der Waals surface area contributed by atoms with Gasteiger partial charge in [-0.05, 0) is 24.6 Å². The number of anilines is 2. The Balaban J connectivity index is 1.77. The highest BCUT2D eigenvalue weighted by Crippen LogP contribution is 2.36. The normalized spacial score (nSPS) is 15.8. The number of allylic oxidation sites excluding steroid dienone is 1. The molecular weight excluding hydrogens is 440 g/mol. The fourth-order valence-corrected chi connectivity index (χ4v) is 5.23. The van der Waals surface area contributed by atoms with Gasteiger partial charge in [0.25, 0.3) is 10.0 Å². The molecule has 0 radical (unpaired) electrons. The molecule has 0 spiro atoms. The molecular formula is C25H24N2O5S. The van der Waals surface area contributed by atoms with E-state index in [4.69, 9.17) is 9.47 Å². The molecule has 0 aromatic heterocycles. The van der Waals surface area contributed by atoms with E-state index in [2.05, 4.69) is 5.32 Å². The Morgan fingerprint density at radius 2 is 1.64 bits per heavy atom. The van der Waals surface area contributed by atoms with Crippen LogP contribution in [-0.4, -0.2) is 28.4 Å². The molecule has 1 heterocycles. The summed E-state index contributed by atoms with van der Waals surface area (Å²) >= 11 is 0. The van der Waals surface area contributed by atoms with Crippen molar-refractivity contribution in [2.45, 2.75) is 13.5 Å². The molecule has 0 aliphatic carbocycles. The van der Waals surface area contributed by atoms with Gasteiger partial charge in [0.2, 0.25) is 5.78 Å². The van der Waals surface area contributed by atoms with E-state index >= 15 is 0 Å². The molecule has 3 aromatic rings. The molecule has 7 nitrogen and oxygen atoms in total. The number of carbonyl (C=O) groups excluding carboxylic acids is 1. The van der Waals surface area contributed by atoms with E-state index in [0.717, 1.165) is 11.1 Å². The number of sulfonamides is 1. The fourth-order valence-electron chi connectivity index (χ4n) is 3.71. The number of Topliss-reactive ketones (excluding diaryl/α,β-unsaturated/α-hetero) is 1. The first-order chi connectivity index (χ1) is 15.8. The van der Waals surface area contributed by atoms with Crippen molar-refractivity contribution in [1.29, 1.82) is 0 Å². The second kappa shape index (κ2) is 8.99. The summed E-state index contributed by atoms with van der Waals surface area (Å²) in [6.07, 6.45) is 1.23. The largest absolute Gasteiger partial charge is 0.497 e. The van der Waals surface area contributed by atoms with Crippen LogP contribution in [0.1, 0.15) is 21.5 Å². The van der Waals surface area contributed by atoms with Crippen LogP contribution in [0.4, 0.5) is 11.4 Å². The van der Waals surface area contributed by atoms with Crippen molar-refractivity contribution in [3.63, 3.8) is 0 Å². The molecule has 0 saturated heterocycles. The maximum Gasteiger partial charge on any atom is 0.270 e. The Bertz CT molecular complexity index is 1330. The number of ketones is 1. The van der Waals surface area contributed by atoms with Crippen molar-refractivity contribution in [3.05, 3.63) is 94.5 Å². The molecule has 4 rings (SSSR count). The first-order valence-electron chi connectivity index (χ1n) is 10.3. The van der Waals surface area contributed by atoms with Gasteiger partial charge in [-0.2, -0.15) is 0 Å². The number of hydrogen-bond donors (Lipinski definition) is 1. The van der Waals surface area contributed by atoms with Crippen molar-refractivity contribution in [1.82, 2.24) is 0 Å². The number of fused-ring (bicyclic) bond motifs is 1. The Kier molecular flexibility index (Phi) is 6.11. The van der Waals surface area contributed by atoms with Gasteiger partial charge in [-0.15, -0.1) is 0 Å². The molecule has 3 aromatic carbocycles. The summed E-state index contributed by atoms with van der Waals surface area (Å²) in [7, 11) is -1.08. The summed E-state index contributed by atoms with van der Waals surface area (Å²) in [5, 5.41) is 2.93. The first-order valence-corrected chi connectivity index (χ1v) is 11.7. The van der Waals surface area contributed by atoms with E-state index in [-0.39, 0.29) is 11.4 Å². The summed E-state index contributed by atoms with van der Waals surface area (Å²) in [6.45, 7) is 2.06. The van der Waals surface area contributed by atoms with Crippen LogP contribution in [0.2, 0.25) is 0 Å². The number of nitrogens with one attached hydrogen (secondary N) is 1. The molecule has 8 heteroatoms. The number of hydrogen-bond acceptors (Lipinski definition) is 6. The number of ether oxygens (including phenoxy) is 2. The van der Waals surface area contributed by atoms with Crippen LogP contribution in [0.15, 0.2) is 77.8 Å². The van der Waals surface area contributed by atoms with Crippen LogP contribution in [0.3, 0.4) is 0 Å². The second-order valence-electron chi connectivity index (χ2n) is 7.60. The summed E-state index contributed by atoms with van der Waals surface area (Å²) in [4.78, 5) is 12.9. The minimum atomic E-state index is -4.12. The zero-order valence-electron chi connectivity index (χ0n) is 18.5. The van der Waals surface area contributed by atoms with Crippen LogP contribution in [0, 0.1) is 6.92 Å². The molecule has 0 bridgehead atoms. The number of benzene rings is 3. The quantitative estimate of drug-likeness (QED) is 0.541. The van der Waals surface area contributed by atoms with Gasteiger partial charge in [0.05, 0.1) is 26.5 Å². The molecule has 1 aliphatic rings. The maximum absolute atomic E-state index is 13.6. The lowest BCUT2D eigenvalue weighted by atomic mass is 10.1. The Morgan fingerprint density at radius 1 is 0.939 bits per heavy atom. The number of aryl methyl sites for hydroxylation is 1. The van der Waals surface area contributed by atoms with Crippen molar-refractivity contribution in [2.24, 2.45) is 0 Å². The van der Waals surface area contributed by atoms with Crippen LogP contribution in [0.5, 0.6) is 11.5 Å². The van der Waals surface area contributed by atoms with Gasteiger partial charge in [-0.1, -0.05) is 42.0 Å². The average Bonchev–Trinajstić information content (AvgIpc) is 2.81. The van der Waals surface area contributed by atoms with E-state index in [1.807, 2.05) is 31.2 Å². The van der Waals surface area contributed by atoms with E-state index in [1.54, 1.807) is 42.5 Å². The molecule has 33 heavy (non-hydrogen) atoms. The van der Waals surface area contributed by atoms with Gasteiger partial charge in [-0.3, -0.25) is 9.10 Å². The predicted octanol–water partition coefficient (Wildman–Crippen LogP) is 4.50. The first kappa shape index (κ1) is 22.4. The topological polar surface area (TPSA) is 84.9 Å². The van der Waals surface area contributed by atoms with Gasteiger partial charge in [0.1, 0.15) is 11.5 Å². The minimum Gasteiger partial charge on any atom is -0.497 e. The summed E-state index contributed by atoms with van der Waals surface area (Å²) in [6, 6.07) is 19.4. The lowest BCUT2D eigenvalue weighted by Gasteiger charge is -2.31. The van der Waals surface area contributed by atoms with Crippen molar-refractivity contribution >= 4 is 27.2 Å². The molecule has 1 N–H and O–H groups in total. The molecule has 170 valence electrons. The highest BCUT2D eigenvalue weighted by molar-refractivity contribution is 7.97. The van der Waals surface area contributed by atoms with Crippen LogP contribution in [0.25, 0.3) is 0 Å². The van der Waals surface area contributed by atoms with Gasteiger partial charge in [0.15, 0.2) is 4.91 Å². The van der Waals surface area contributed by atoms with E-state index in [9.17, 15) is 13.2 Å². The fraction of sp³-hybridized carbons (Fsp3) is 0.160. The van der Waals surface area contributed by atoms with E-state index in [0.29, 0.717) is 28.4 Å². The van der Waals surface area contributed by atoms with E-state index in [1.165, 1.54) is 24.7 Å². The number of rotatable bonds is 6. The SMILES string of the molecule is COc1cc(N/C=C2\C(=O)c3ccccc3N(Cc3cccc(C)c3)S2(=O)=O)cc(OC)c1. The molecule has 1 aliphatic heterocycles. The molecule has 0 atom stereocenters. The minimum absolute atomic E-state index is 0.110. The number of para-hydroxylation sites is 1. The lowest BCUT2D eigenvalue weighted by molar-refractivity contribution is 0.104. The third kappa shape index (κ3) is 4.42. The van der Waals surface area contributed by atoms with Gasteiger partial charge in [0, 0.05) is 35.6 Å². The van der Waals surface area contributed by atoms with Gasteiger partial charge >= 0.3 is 0 Å². The molecule has 0 unspecified atom stereocenters. The van der Waals surface area contributed by atoms with Crippen molar-refractivity contribution in [3.8, 4) is 11.5 Å². The second-order valence-corrected chi connectivity index (χ2v) is 9.43. The van der Waals surface area contributed by atoms with Crippen molar-refractivity contribution < 1.29 is 22.7 Å². The van der Waals surface area contributed by atoms with Crippen LogP contribution < -0.4 is 19.1 Å². The third-order valence-electron chi connectivity index (χ3n) is 5.34. The average molecular weight is 465 g/mol. The highest BCUT2D eigenvalue weighted by atomic mass is 32.2. The standard InChI is InChI=1S/C25H24N2O5S/c1-17-7-6-8-18(11-17)16-27-23-10-5-4-9-22(23)25(28)24(33(27,29)30)15-26-19-12-20(31-2)14-21(13-19)32-3/h4-15,26H,16H2,1-3H3/b24-15+. The lowest BCUT2D eigenvalue weighted by Crippen LogP contribution is -2.39.